The third kappa shape index (κ3) is 2.22. The van der Waals surface area contributed by atoms with Gasteiger partial charge in [0.05, 0.1) is 5.70 Å². The molecule has 1 fully saturated rings. The summed E-state index contributed by atoms with van der Waals surface area (Å²) in [7, 11) is 0. The van der Waals surface area contributed by atoms with Gasteiger partial charge in [-0.2, -0.15) is 0 Å². The number of allylic oxidation sites excluding steroid dienone is 1. The number of rotatable bonds is 2. The summed E-state index contributed by atoms with van der Waals surface area (Å²) in [6.07, 6.45) is 3.95. The molecule has 0 atom stereocenters. The van der Waals surface area contributed by atoms with Gasteiger partial charge in [-0.25, -0.2) is 0 Å². The molecule has 1 aromatic carbocycles. The summed E-state index contributed by atoms with van der Waals surface area (Å²) in [5.41, 5.74) is 4.20. The van der Waals surface area contributed by atoms with E-state index in [1.807, 2.05) is 19.1 Å². The number of likely N-dealkylation sites (N-methyl/N-ethyl adjacent to an activating group) is 2. The zero-order valence-corrected chi connectivity index (χ0v) is 13.7. The molecule has 0 aliphatic carbocycles. The third-order valence-corrected chi connectivity index (χ3v) is 4.20. The van der Waals surface area contributed by atoms with E-state index in [1.54, 1.807) is 0 Å². The maximum Gasteiger partial charge on any atom is 0.299 e. The van der Waals surface area contributed by atoms with Crippen LogP contribution >= 0.6 is 12.2 Å². The Labute approximate surface area is 135 Å². The number of hydrogen-bond donors (Lipinski definition) is 0. The van der Waals surface area contributed by atoms with Crippen LogP contribution in [0.15, 0.2) is 35.7 Å². The summed E-state index contributed by atoms with van der Waals surface area (Å²) in [5, 5.41) is 0.231. The van der Waals surface area contributed by atoms with Crippen molar-refractivity contribution >= 4 is 35.1 Å². The lowest BCUT2D eigenvalue weighted by Gasteiger charge is -2.29. The van der Waals surface area contributed by atoms with E-state index in [4.69, 9.17) is 17.0 Å². The van der Waals surface area contributed by atoms with Crippen molar-refractivity contribution in [2.75, 3.05) is 18.0 Å². The quantitative estimate of drug-likeness (QED) is 0.620. The number of fused-ring (bicyclic) bond motifs is 1. The van der Waals surface area contributed by atoms with Crippen molar-refractivity contribution in [1.82, 2.24) is 4.90 Å². The Morgan fingerprint density at radius 3 is 2.50 bits per heavy atom. The molecule has 22 heavy (non-hydrogen) atoms. The molecule has 0 aromatic heterocycles. The number of carbonyl (C=O) groups excluding carboxylic acids is 1. The highest BCUT2D eigenvalue weighted by molar-refractivity contribution is 7.80. The van der Waals surface area contributed by atoms with Gasteiger partial charge in [-0.1, -0.05) is 17.7 Å². The highest BCUT2D eigenvalue weighted by atomic mass is 32.1. The average molecular weight is 314 g/mol. The molecule has 4 nitrogen and oxygen atoms in total. The first-order valence-corrected chi connectivity index (χ1v) is 7.81. The predicted octanol–water partition coefficient (Wildman–Crippen LogP) is 3.22. The van der Waals surface area contributed by atoms with Crippen molar-refractivity contribution < 1.29 is 9.53 Å². The predicted molar refractivity (Wildman–Crippen MR) is 91.3 cm³/mol. The molecule has 0 unspecified atom stereocenters. The van der Waals surface area contributed by atoms with Crippen molar-refractivity contribution in [3.05, 3.63) is 46.9 Å². The fraction of sp³-hybridized carbons (Fsp3) is 0.294. The van der Waals surface area contributed by atoms with Crippen molar-refractivity contribution in [3.63, 3.8) is 0 Å². The fourth-order valence-corrected chi connectivity index (χ4v) is 3.10. The molecule has 114 valence electrons. The number of benzene rings is 1. The van der Waals surface area contributed by atoms with Gasteiger partial charge >= 0.3 is 0 Å². The summed E-state index contributed by atoms with van der Waals surface area (Å²) in [4.78, 5) is 16.0. The van der Waals surface area contributed by atoms with Gasteiger partial charge in [-0.15, -0.1) is 0 Å². The largest absolute Gasteiger partial charge is 0.423 e. The van der Waals surface area contributed by atoms with Crippen LogP contribution < -0.4 is 4.90 Å². The molecule has 1 amide bonds. The minimum absolute atomic E-state index is 0.166. The van der Waals surface area contributed by atoms with Gasteiger partial charge in [-0.3, -0.25) is 9.69 Å². The molecule has 2 heterocycles. The number of hydrogen-bond acceptors (Lipinski definition) is 4. The number of ether oxygens (including phenoxy) is 1. The van der Waals surface area contributed by atoms with E-state index in [1.165, 1.54) is 10.5 Å². The molecule has 5 heteroatoms. The number of carbonyl (C=O) groups is 1. The van der Waals surface area contributed by atoms with Crippen LogP contribution in [0.3, 0.4) is 0 Å². The zero-order chi connectivity index (χ0) is 15.9. The maximum absolute atomic E-state index is 12.5. The molecule has 0 N–H and O–H groups in total. The lowest BCUT2D eigenvalue weighted by Crippen LogP contribution is -2.30. The van der Waals surface area contributed by atoms with Gasteiger partial charge in [0, 0.05) is 18.8 Å². The molecule has 2 aliphatic heterocycles. The van der Waals surface area contributed by atoms with Gasteiger partial charge in [0.1, 0.15) is 0 Å². The topological polar surface area (TPSA) is 32.8 Å². The van der Waals surface area contributed by atoms with Gasteiger partial charge in [-0.05, 0) is 56.8 Å². The van der Waals surface area contributed by atoms with E-state index in [0.717, 1.165) is 23.5 Å². The van der Waals surface area contributed by atoms with E-state index < -0.39 is 0 Å². The molecular weight excluding hydrogens is 296 g/mol. The van der Waals surface area contributed by atoms with Crippen LogP contribution in [0.4, 0.5) is 5.69 Å². The molecule has 0 radical (unpaired) electrons. The normalized spacial score (nSPS) is 20.5. The first-order chi connectivity index (χ1) is 10.6. The summed E-state index contributed by atoms with van der Waals surface area (Å²) in [6.45, 7) is 7.26. The van der Waals surface area contributed by atoms with Crippen LogP contribution in [0.25, 0.3) is 6.08 Å². The minimum atomic E-state index is -0.166. The van der Waals surface area contributed by atoms with Gasteiger partial charge in [0.2, 0.25) is 5.76 Å². The molecule has 0 saturated carbocycles. The van der Waals surface area contributed by atoms with Crippen molar-refractivity contribution in [3.8, 4) is 0 Å². The third-order valence-electron chi connectivity index (χ3n) is 3.90. The Hall–Kier alpha value is -2.14. The second-order valence-electron chi connectivity index (χ2n) is 5.27. The van der Waals surface area contributed by atoms with Crippen molar-refractivity contribution in [1.29, 1.82) is 0 Å². The minimum Gasteiger partial charge on any atom is -0.423 e. The van der Waals surface area contributed by atoms with Gasteiger partial charge < -0.3 is 9.64 Å². The Kier molecular flexibility index (Phi) is 3.74. The molecule has 3 rings (SSSR count). The number of thiocarbonyl (C=S) groups is 1. The zero-order valence-electron chi connectivity index (χ0n) is 12.9. The first kappa shape index (κ1) is 14.8. The Morgan fingerprint density at radius 2 is 1.86 bits per heavy atom. The summed E-state index contributed by atoms with van der Waals surface area (Å²) >= 11 is 5.14. The smallest absolute Gasteiger partial charge is 0.299 e. The SMILES string of the molecule is CCN1C(=O)/C(=C2/C=Cc3cc(C)ccc3N2CC)OC1=S. The van der Waals surface area contributed by atoms with E-state index >= 15 is 0 Å². The Bertz CT molecular complexity index is 721. The molecule has 2 aliphatic rings. The first-order valence-electron chi connectivity index (χ1n) is 7.41. The summed E-state index contributed by atoms with van der Waals surface area (Å²) in [5.74, 6) is 0.150. The Balaban J connectivity index is 2.10. The Morgan fingerprint density at radius 1 is 1.14 bits per heavy atom. The van der Waals surface area contributed by atoms with Crippen LogP contribution in [-0.4, -0.2) is 29.1 Å². The molecule has 0 spiro atoms. The number of aryl methyl sites for hydroxylation is 1. The number of nitrogens with zero attached hydrogens (tertiary/aromatic N) is 2. The summed E-state index contributed by atoms with van der Waals surface area (Å²) in [6, 6.07) is 6.28. The second-order valence-corrected chi connectivity index (χ2v) is 5.62. The average Bonchev–Trinajstić information content (AvgIpc) is 2.79. The van der Waals surface area contributed by atoms with Crippen LogP contribution in [0.2, 0.25) is 0 Å². The lowest BCUT2D eigenvalue weighted by atomic mass is 10.0. The molecule has 1 aromatic rings. The van der Waals surface area contributed by atoms with E-state index in [9.17, 15) is 4.79 Å². The fourth-order valence-electron chi connectivity index (χ4n) is 2.81. The van der Waals surface area contributed by atoms with Crippen LogP contribution in [0, 0.1) is 6.92 Å². The van der Waals surface area contributed by atoms with E-state index in [2.05, 4.69) is 36.9 Å². The molecular formula is C17H18N2O2S. The molecule has 1 saturated heterocycles. The van der Waals surface area contributed by atoms with Gasteiger partial charge in [0.25, 0.3) is 11.1 Å². The highest BCUT2D eigenvalue weighted by Crippen LogP contribution is 2.34. The van der Waals surface area contributed by atoms with Crippen LogP contribution in [-0.2, 0) is 9.53 Å². The van der Waals surface area contributed by atoms with Crippen molar-refractivity contribution in [2.45, 2.75) is 20.8 Å². The lowest BCUT2D eigenvalue weighted by molar-refractivity contribution is -0.122. The van der Waals surface area contributed by atoms with Gasteiger partial charge in [0.15, 0.2) is 0 Å². The second kappa shape index (κ2) is 5.57. The standard InChI is InChI=1S/C17H18N2O2S/c1-4-18-13-8-6-11(3)10-12(13)7-9-14(18)15-16(20)19(5-2)17(22)21-15/h6-10H,4-5H2,1-3H3/b15-14+. The summed E-state index contributed by atoms with van der Waals surface area (Å²) < 4.78 is 5.58. The maximum atomic E-state index is 12.5. The van der Waals surface area contributed by atoms with Crippen LogP contribution in [0.5, 0.6) is 0 Å². The van der Waals surface area contributed by atoms with E-state index in [-0.39, 0.29) is 11.1 Å². The number of anilines is 1. The monoisotopic (exact) mass is 314 g/mol. The van der Waals surface area contributed by atoms with Crippen LogP contribution in [0.1, 0.15) is 25.0 Å². The number of amides is 1. The van der Waals surface area contributed by atoms with Crippen molar-refractivity contribution in [2.24, 2.45) is 0 Å². The molecule has 0 bridgehead atoms. The van der Waals surface area contributed by atoms with E-state index in [0.29, 0.717) is 12.3 Å². The highest BCUT2D eigenvalue weighted by Gasteiger charge is 2.36.